The molecule has 2 atom stereocenters. The summed E-state index contributed by atoms with van der Waals surface area (Å²) in [5.41, 5.74) is 0. The van der Waals surface area contributed by atoms with Crippen LogP contribution in [0.4, 0.5) is 0 Å². The van der Waals surface area contributed by atoms with Crippen LogP contribution in [0.3, 0.4) is 0 Å². The highest BCUT2D eigenvalue weighted by Crippen LogP contribution is 2.28. The molecule has 0 aromatic heterocycles. The fourth-order valence-electron chi connectivity index (χ4n) is 1.57. The Morgan fingerprint density at radius 3 is 2.80 bits per heavy atom. The zero-order valence-corrected chi connectivity index (χ0v) is 6.25. The highest BCUT2D eigenvalue weighted by molar-refractivity contribution is 6.67. The van der Waals surface area contributed by atoms with Gasteiger partial charge < -0.3 is 5.11 Å². The van der Waals surface area contributed by atoms with Gasteiger partial charge in [0.2, 0.25) is 0 Å². The van der Waals surface area contributed by atoms with Crippen molar-refractivity contribution in [2.45, 2.75) is 32.1 Å². The summed E-state index contributed by atoms with van der Waals surface area (Å²) in [5, 5.41) is 17.7. The van der Waals surface area contributed by atoms with Crippen LogP contribution >= 0.6 is 0 Å². The van der Waals surface area contributed by atoms with E-state index in [2.05, 4.69) is 5.97 Å². The number of nitrogens with zero attached hydrogens (tertiary/aromatic N) is 1. The smallest absolute Gasteiger partial charge is 0.268 e. The highest BCUT2D eigenvalue weighted by Gasteiger charge is 2.30. The monoisotopic (exact) mass is 137 g/mol. The molecule has 0 radical (unpaired) electrons. The van der Waals surface area contributed by atoms with Crippen molar-refractivity contribution in [3.63, 3.8) is 0 Å². The Balaban J connectivity index is 2.37. The van der Waals surface area contributed by atoms with Gasteiger partial charge in [-0.25, -0.2) is 5.26 Å². The maximum atomic E-state index is 9.16. The molecule has 0 aromatic rings. The molecule has 0 aliphatic carbocycles. The zero-order valence-electron chi connectivity index (χ0n) is 6.25. The van der Waals surface area contributed by atoms with E-state index >= 15 is 0 Å². The van der Waals surface area contributed by atoms with Gasteiger partial charge in [-0.3, -0.25) is 0 Å². The molecule has 3 heteroatoms. The molecular weight excluding hydrogens is 125 g/mol. The Bertz CT molecular complexity index is 152. The second kappa shape index (κ2) is 3.07. The minimum Gasteiger partial charge on any atom is -0.393 e. The standard InChI is InChI=1S/C7H12BNO/c1-6(10)7-2-3-8(4-7)5-9/h6-7,10H,2-4H2,1H3. The van der Waals surface area contributed by atoms with E-state index in [4.69, 9.17) is 10.4 Å². The lowest BCUT2D eigenvalue weighted by molar-refractivity contribution is 0.137. The van der Waals surface area contributed by atoms with E-state index in [0.29, 0.717) is 5.92 Å². The largest absolute Gasteiger partial charge is 0.393 e. The normalized spacial score (nSPS) is 28.1. The molecule has 0 bridgehead atoms. The SMILES string of the molecule is CC(O)C1CCB(C#N)C1. The van der Waals surface area contributed by atoms with Gasteiger partial charge in [-0.2, -0.15) is 0 Å². The van der Waals surface area contributed by atoms with Gasteiger partial charge in [0, 0.05) is 5.97 Å². The number of nitriles is 1. The third-order valence-corrected chi connectivity index (χ3v) is 2.34. The Labute approximate surface area is 61.9 Å². The van der Waals surface area contributed by atoms with Crippen LogP contribution < -0.4 is 0 Å². The molecule has 2 unspecified atom stereocenters. The molecule has 1 aliphatic heterocycles. The molecule has 0 spiro atoms. The number of rotatable bonds is 1. The molecule has 0 aromatic carbocycles. The van der Waals surface area contributed by atoms with Gasteiger partial charge in [0.25, 0.3) is 6.71 Å². The van der Waals surface area contributed by atoms with Crippen molar-refractivity contribution in [2.24, 2.45) is 5.92 Å². The van der Waals surface area contributed by atoms with Crippen molar-refractivity contribution in [2.75, 3.05) is 0 Å². The quantitative estimate of drug-likeness (QED) is 0.546. The van der Waals surface area contributed by atoms with Crippen LogP contribution in [0.2, 0.25) is 12.6 Å². The lowest BCUT2D eigenvalue weighted by atomic mass is 9.50. The van der Waals surface area contributed by atoms with Crippen LogP contribution in [0.15, 0.2) is 0 Å². The first-order chi connectivity index (χ1) is 4.74. The van der Waals surface area contributed by atoms with Gasteiger partial charge in [-0.15, -0.1) is 0 Å². The van der Waals surface area contributed by atoms with Crippen molar-refractivity contribution in [1.29, 1.82) is 5.26 Å². The van der Waals surface area contributed by atoms with Crippen molar-refractivity contribution in [3.05, 3.63) is 0 Å². The molecule has 10 heavy (non-hydrogen) atoms. The van der Waals surface area contributed by atoms with Crippen LogP contribution in [0.5, 0.6) is 0 Å². The fraction of sp³-hybridized carbons (Fsp3) is 0.857. The second-order valence-corrected chi connectivity index (χ2v) is 3.14. The van der Waals surface area contributed by atoms with Gasteiger partial charge in [0.05, 0.1) is 6.10 Å². The maximum Gasteiger partial charge on any atom is 0.268 e. The Morgan fingerprint density at radius 1 is 1.80 bits per heavy atom. The van der Waals surface area contributed by atoms with E-state index in [1.165, 1.54) is 0 Å². The lowest BCUT2D eigenvalue weighted by Gasteiger charge is -2.11. The highest BCUT2D eigenvalue weighted by atomic mass is 16.3. The molecule has 2 nitrogen and oxygen atoms in total. The van der Waals surface area contributed by atoms with E-state index in [-0.39, 0.29) is 12.8 Å². The summed E-state index contributed by atoms with van der Waals surface area (Å²) < 4.78 is 0. The number of aliphatic hydroxyl groups is 1. The van der Waals surface area contributed by atoms with E-state index < -0.39 is 0 Å². The fourth-order valence-corrected chi connectivity index (χ4v) is 1.57. The summed E-state index contributed by atoms with van der Waals surface area (Å²) in [6, 6.07) is 0. The summed E-state index contributed by atoms with van der Waals surface area (Å²) in [6.07, 6.45) is 2.68. The molecule has 0 amide bonds. The Kier molecular flexibility index (Phi) is 2.34. The second-order valence-electron chi connectivity index (χ2n) is 3.14. The van der Waals surface area contributed by atoms with Crippen molar-refractivity contribution < 1.29 is 5.11 Å². The third kappa shape index (κ3) is 1.51. The zero-order chi connectivity index (χ0) is 7.56. The van der Waals surface area contributed by atoms with Gasteiger partial charge in [0.1, 0.15) is 0 Å². The average molecular weight is 137 g/mol. The molecule has 1 fully saturated rings. The Hall–Kier alpha value is -0.485. The average Bonchev–Trinajstić information content (AvgIpc) is 2.34. The van der Waals surface area contributed by atoms with Gasteiger partial charge in [-0.05, 0) is 12.8 Å². The van der Waals surface area contributed by atoms with Gasteiger partial charge in [-0.1, -0.05) is 19.1 Å². The van der Waals surface area contributed by atoms with Crippen LogP contribution in [0.1, 0.15) is 13.3 Å². The van der Waals surface area contributed by atoms with E-state index in [1.54, 1.807) is 0 Å². The minimum absolute atomic E-state index is 0.208. The van der Waals surface area contributed by atoms with Gasteiger partial charge >= 0.3 is 0 Å². The summed E-state index contributed by atoms with van der Waals surface area (Å²) in [7, 11) is 0. The number of hydrogen-bond donors (Lipinski definition) is 1. The molecule has 1 heterocycles. The topological polar surface area (TPSA) is 44.0 Å². The van der Waals surface area contributed by atoms with Crippen LogP contribution in [0, 0.1) is 17.1 Å². The van der Waals surface area contributed by atoms with Crippen molar-refractivity contribution >= 4 is 6.71 Å². The first kappa shape index (κ1) is 7.62. The van der Waals surface area contributed by atoms with E-state index in [9.17, 15) is 0 Å². The molecule has 0 saturated carbocycles. The lowest BCUT2D eigenvalue weighted by Crippen LogP contribution is -2.14. The van der Waals surface area contributed by atoms with E-state index in [1.807, 2.05) is 6.92 Å². The first-order valence-electron chi connectivity index (χ1n) is 3.81. The minimum atomic E-state index is -0.224. The summed E-state index contributed by atoms with van der Waals surface area (Å²) in [4.78, 5) is 0. The summed E-state index contributed by atoms with van der Waals surface area (Å²) >= 11 is 0. The predicted octanol–water partition coefficient (Wildman–Crippen LogP) is 0.945. The first-order valence-corrected chi connectivity index (χ1v) is 3.81. The van der Waals surface area contributed by atoms with Crippen molar-refractivity contribution in [1.82, 2.24) is 0 Å². The van der Waals surface area contributed by atoms with Crippen LogP contribution in [-0.4, -0.2) is 17.9 Å². The van der Waals surface area contributed by atoms with Gasteiger partial charge in [0.15, 0.2) is 0 Å². The molecule has 1 rings (SSSR count). The number of hydrogen-bond acceptors (Lipinski definition) is 2. The maximum absolute atomic E-state index is 9.16. The van der Waals surface area contributed by atoms with Crippen LogP contribution in [0.25, 0.3) is 0 Å². The molecule has 1 aliphatic rings. The summed E-state index contributed by atoms with van der Waals surface area (Å²) in [5.74, 6) is 2.62. The molecule has 54 valence electrons. The summed E-state index contributed by atoms with van der Waals surface area (Å²) in [6.45, 7) is 2.02. The number of aliphatic hydroxyl groups excluding tert-OH is 1. The molecular formula is C7H12BNO. The Morgan fingerprint density at radius 2 is 2.50 bits per heavy atom. The molecule has 1 saturated heterocycles. The van der Waals surface area contributed by atoms with E-state index in [0.717, 1.165) is 19.1 Å². The molecule has 1 N–H and O–H groups in total. The predicted molar refractivity (Wildman–Crippen MR) is 40.8 cm³/mol. The van der Waals surface area contributed by atoms with Crippen LogP contribution in [-0.2, 0) is 0 Å². The van der Waals surface area contributed by atoms with Crippen molar-refractivity contribution in [3.8, 4) is 5.97 Å². The third-order valence-electron chi connectivity index (χ3n) is 2.34.